The van der Waals surface area contributed by atoms with E-state index in [0.29, 0.717) is 11.3 Å². The fourth-order valence-electron chi connectivity index (χ4n) is 1.56. The molecule has 0 aliphatic heterocycles. The van der Waals surface area contributed by atoms with Gasteiger partial charge in [0.2, 0.25) is 0 Å². The monoisotopic (exact) mass is 272 g/mol. The summed E-state index contributed by atoms with van der Waals surface area (Å²) < 4.78 is 42.7. The van der Waals surface area contributed by atoms with Crippen LogP contribution in [0.4, 0.5) is 13.2 Å². The van der Waals surface area contributed by atoms with Crippen molar-refractivity contribution >= 4 is 11.4 Å². The SMILES string of the molecule is CN=C(C=C(N)c1ccc(OC)c(C)c1)C(F)(F)F. The number of hydrogen-bond donors (Lipinski definition) is 1. The van der Waals surface area contributed by atoms with Crippen LogP contribution in [-0.2, 0) is 0 Å². The summed E-state index contributed by atoms with van der Waals surface area (Å²) in [4.78, 5) is 3.19. The molecular formula is C13H15F3N2O. The largest absolute Gasteiger partial charge is 0.496 e. The summed E-state index contributed by atoms with van der Waals surface area (Å²) in [5.74, 6) is 0.650. The third-order valence-electron chi connectivity index (χ3n) is 2.55. The second kappa shape index (κ2) is 5.77. The number of hydrogen-bond acceptors (Lipinski definition) is 3. The Bertz CT molecular complexity index is 519. The lowest BCUT2D eigenvalue weighted by Crippen LogP contribution is -2.21. The summed E-state index contributed by atoms with van der Waals surface area (Å²) >= 11 is 0. The van der Waals surface area contributed by atoms with Crippen molar-refractivity contribution in [2.24, 2.45) is 10.7 Å². The number of ether oxygens (including phenoxy) is 1. The van der Waals surface area contributed by atoms with Gasteiger partial charge >= 0.3 is 6.18 Å². The first kappa shape index (κ1) is 15.1. The average molecular weight is 272 g/mol. The molecule has 0 aliphatic rings. The molecule has 0 unspecified atom stereocenters. The fourth-order valence-corrected chi connectivity index (χ4v) is 1.56. The van der Waals surface area contributed by atoms with Crippen LogP contribution in [0.5, 0.6) is 5.75 Å². The molecule has 3 nitrogen and oxygen atoms in total. The molecule has 0 amide bonds. The van der Waals surface area contributed by atoms with Crippen molar-refractivity contribution in [3.63, 3.8) is 0 Å². The zero-order valence-corrected chi connectivity index (χ0v) is 10.9. The van der Waals surface area contributed by atoms with Gasteiger partial charge in [-0.1, -0.05) is 0 Å². The van der Waals surface area contributed by atoms with Gasteiger partial charge in [-0.3, -0.25) is 4.99 Å². The summed E-state index contributed by atoms with van der Waals surface area (Å²) in [5, 5.41) is 0. The van der Waals surface area contributed by atoms with Crippen molar-refractivity contribution in [1.82, 2.24) is 0 Å². The Kier molecular flexibility index (Phi) is 4.58. The van der Waals surface area contributed by atoms with E-state index in [9.17, 15) is 13.2 Å². The summed E-state index contributed by atoms with van der Waals surface area (Å²) in [5.41, 5.74) is 5.94. The lowest BCUT2D eigenvalue weighted by Gasteiger charge is -2.10. The van der Waals surface area contributed by atoms with E-state index in [0.717, 1.165) is 18.7 Å². The lowest BCUT2D eigenvalue weighted by atomic mass is 10.1. The number of halogens is 3. The first-order valence-corrected chi connectivity index (χ1v) is 5.45. The minimum Gasteiger partial charge on any atom is -0.496 e. The van der Waals surface area contributed by atoms with Gasteiger partial charge in [-0.2, -0.15) is 13.2 Å². The Balaban J connectivity index is 3.13. The highest BCUT2D eigenvalue weighted by Crippen LogP contribution is 2.23. The van der Waals surface area contributed by atoms with Crippen LogP contribution in [0.3, 0.4) is 0 Å². The van der Waals surface area contributed by atoms with Crippen LogP contribution >= 0.6 is 0 Å². The molecule has 2 N–H and O–H groups in total. The molecule has 1 aromatic rings. The molecule has 0 atom stereocenters. The predicted molar refractivity (Wildman–Crippen MR) is 69.3 cm³/mol. The average Bonchev–Trinajstić information content (AvgIpc) is 2.34. The summed E-state index contributed by atoms with van der Waals surface area (Å²) in [7, 11) is 2.60. The second-order valence-corrected chi connectivity index (χ2v) is 3.89. The van der Waals surface area contributed by atoms with Crippen molar-refractivity contribution in [2.45, 2.75) is 13.1 Å². The summed E-state index contributed by atoms with van der Waals surface area (Å²) in [6, 6.07) is 4.91. The molecule has 0 radical (unpaired) electrons. The van der Waals surface area contributed by atoms with Crippen LogP contribution in [0, 0.1) is 6.92 Å². The zero-order valence-electron chi connectivity index (χ0n) is 10.9. The molecule has 0 fully saturated rings. The van der Waals surface area contributed by atoms with E-state index >= 15 is 0 Å². The smallest absolute Gasteiger partial charge is 0.432 e. The number of rotatable bonds is 3. The van der Waals surface area contributed by atoms with Crippen LogP contribution in [0.25, 0.3) is 5.70 Å². The molecular weight excluding hydrogens is 257 g/mol. The first-order chi connectivity index (χ1) is 8.79. The number of nitrogens with two attached hydrogens (primary N) is 1. The van der Waals surface area contributed by atoms with E-state index in [1.165, 1.54) is 7.11 Å². The molecule has 0 heterocycles. The number of allylic oxidation sites excluding steroid dienone is 1. The molecule has 0 aromatic heterocycles. The van der Waals surface area contributed by atoms with E-state index in [1.54, 1.807) is 25.1 Å². The van der Waals surface area contributed by atoms with Crippen molar-refractivity contribution in [2.75, 3.05) is 14.2 Å². The van der Waals surface area contributed by atoms with Gasteiger partial charge in [-0.05, 0) is 42.3 Å². The van der Waals surface area contributed by atoms with Gasteiger partial charge in [-0.15, -0.1) is 0 Å². The highest BCUT2D eigenvalue weighted by molar-refractivity contribution is 6.04. The summed E-state index contributed by atoms with van der Waals surface area (Å²) in [6.07, 6.45) is -3.69. The maximum atomic E-state index is 12.5. The van der Waals surface area contributed by atoms with Gasteiger partial charge < -0.3 is 10.5 Å². The van der Waals surface area contributed by atoms with E-state index in [4.69, 9.17) is 10.5 Å². The van der Waals surface area contributed by atoms with Gasteiger partial charge in [0.15, 0.2) is 0 Å². The van der Waals surface area contributed by atoms with Gasteiger partial charge in [0, 0.05) is 12.7 Å². The van der Waals surface area contributed by atoms with Gasteiger partial charge in [0.1, 0.15) is 11.5 Å². The predicted octanol–water partition coefficient (Wildman–Crippen LogP) is 2.94. The maximum Gasteiger partial charge on any atom is 0.432 e. The maximum absolute atomic E-state index is 12.5. The highest BCUT2D eigenvalue weighted by atomic mass is 19.4. The first-order valence-electron chi connectivity index (χ1n) is 5.45. The number of aryl methyl sites for hydroxylation is 1. The lowest BCUT2D eigenvalue weighted by molar-refractivity contribution is -0.0577. The molecule has 104 valence electrons. The van der Waals surface area contributed by atoms with Crippen molar-refractivity contribution in [3.8, 4) is 5.75 Å². The Morgan fingerprint density at radius 2 is 2.00 bits per heavy atom. The molecule has 0 aliphatic carbocycles. The van der Waals surface area contributed by atoms with Crippen LogP contribution in [0.15, 0.2) is 29.3 Å². The van der Waals surface area contributed by atoms with Gasteiger partial charge in [0.05, 0.1) is 7.11 Å². The Hall–Kier alpha value is -1.98. The standard InChI is InChI=1S/C13H15F3N2O/c1-8-6-9(4-5-11(8)19-3)10(17)7-12(18-2)13(14,15)16/h4-7H,17H2,1-3H3. The number of aliphatic imine (C=N–C) groups is 1. The number of methoxy groups -OCH3 is 1. The molecule has 0 spiro atoms. The van der Waals surface area contributed by atoms with Crippen molar-refractivity contribution < 1.29 is 17.9 Å². The van der Waals surface area contributed by atoms with Crippen LogP contribution < -0.4 is 10.5 Å². The minimum atomic E-state index is -4.51. The third kappa shape index (κ3) is 3.74. The summed E-state index contributed by atoms with van der Waals surface area (Å²) in [6.45, 7) is 1.79. The number of benzene rings is 1. The minimum absolute atomic E-state index is 0.00341. The molecule has 19 heavy (non-hydrogen) atoms. The molecule has 0 saturated carbocycles. The van der Waals surface area contributed by atoms with E-state index in [1.807, 2.05) is 0 Å². The van der Waals surface area contributed by atoms with Crippen LogP contribution in [-0.4, -0.2) is 26.0 Å². The molecule has 0 bridgehead atoms. The Morgan fingerprint density at radius 3 is 2.42 bits per heavy atom. The number of nitrogens with zero attached hydrogens (tertiary/aromatic N) is 1. The number of alkyl halides is 3. The third-order valence-corrected chi connectivity index (χ3v) is 2.55. The zero-order chi connectivity index (χ0) is 14.6. The van der Waals surface area contributed by atoms with E-state index in [-0.39, 0.29) is 5.70 Å². The van der Waals surface area contributed by atoms with Crippen molar-refractivity contribution in [1.29, 1.82) is 0 Å². The second-order valence-electron chi connectivity index (χ2n) is 3.89. The molecule has 1 aromatic carbocycles. The van der Waals surface area contributed by atoms with Crippen molar-refractivity contribution in [3.05, 3.63) is 35.4 Å². The Labute approximate surface area is 109 Å². The van der Waals surface area contributed by atoms with Crippen LogP contribution in [0.2, 0.25) is 0 Å². The fraction of sp³-hybridized carbons (Fsp3) is 0.308. The Morgan fingerprint density at radius 1 is 1.37 bits per heavy atom. The van der Waals surface area contributed by atoms with E-state index < -0.39 is 11.9 Å². The molecule has 1 rings (SSSR count). The van der Waals surface area contributed by atoms with Crippen LogP contribution in [0.1, 0.15) is 11.1 Å². The van der Waals surface area contributed by atoms with Gasteiger partial charge in [-0.25, -0.2) is 0 Å². The highest BCUT2D eigenvalue weighted by Gasteiger charge is 2.33. The quantitative estimate of drug-likeness (QED) is 0.860. The molecule has 0 saturated heterocycles. The van der Waals surface area contributed by atoms with E-state index in [2.05, 4.69) is 4.99 Å². The normalized spacial score (nSPS) is 13.6. The molecule has 6 heteroatoms. The topological polar surface area (TPSA) is 47.6 Å². The van der Waals surface area contributed by atoms with Gasteiger partial charge in [0.25, 0.3) is 0 Å².